The van der Waals surface area contributed by atoms with Gasteiger partial charge in [-0.3, -0.25) is 4.79 Å². The molecule has 0 saturated heterocycles. The first-order chi connectivity index (χ1) is 9.01. The first kappa shape index (κ1) is 13.4. The molecule has 0 spiro atoms. The summed E-state index contributed by atoms with van der Waals surface area (Å²) in [6.45, 7) is 5.57. The van der Waals surface area contributed by atoms with Gasteiger partial charge in [0.05, 0.1) is 7.11 Å². The highest BCUT2D eigenvalue weighted by molar-refractivity contribution is 5.91. The van der Waals surface area contributed by atoms with Crippen LogP contribution in [0, 0.1) is 13.8 Å². The van der Waals surface area contributed by atoms with Crippen molar-refractivity contribution in [2.45, 2.75) is 27.2 Å². The van der Waals surface area contributed by atoms with Gasteiger partial charge in [-0.1, -0.05) is 6.07 Å². The number of ketones is 1. The topological polar surface area (TPSA) is 39.4 Å². The molecule has 2 aromatic rings. The number of hydrogen-bond donors (Lipinski definition) is 0. The van der Waals surface area contributed by atoms with Crippen LogP contribution in [0.5, 0.6) is 5.75 Å². The molecule has 1 aromatic carbocycles. The highest BCUT2D eigenvalue weighted by Crippen LogP contribution is 2.24. The molecule has 19 heavy (non-hydrogen) atoms. The van der Waals surface area contributed by atoms with Crippen molar-refractivity contribution < 1.29 is 13.9 Å². The van der Waals surface area contributed by atoms with Crippen LogP contribution in [0.3, 0.4) is 0 Å². The summed E-state index contributed by atoms with van der Waals surface area (Å²) in [4.78, 5) is 11.2. The van der Waals surface area contributed by atoms with Gasteiger partial charge < -0.3 is 9.15 Å². The predicted molar refractivity (Wildman–Crippen MR) is 74.0 cm³/mol. The fourth-order valence-electron chi connectivity index (χ4n) is 2.11. The molecule has 0 aliphatic heterocycles. The third-order valence-corrected chi connectivity index (χ3v) is 3.23. The van der Waals surface area contributed by atoms with Crippen molar-refractivity contribution in [2.24, 2.45) is 0 Å². The zero-order valence-electron chi connectivity index (χ0n) is 11.7. The van der Waals surface area contributed by atoms with Crippen molar-refractivity contribution >= 4 is 5.78 Å². The maximum atomic E-state index is 11.2. The Hall–Kier alpha value is -2.03. The first-order valence-corrected chi connectivity index (χ1v) is 6.25. The summed E-state index contributed by atoms with van der Waals surface area (Å²) in [5.41, 5.74) is 3.44. The fraction of sp³-hybridized carbons (Fsp3) is 0.312. The Labute approximate surface area is 113 Å². The van der Waals surface area contributed by atoms with Crippen LogP contribution in [-0.2, 0) is 6.42 Å². The molecular weight excluding hydrogens is 240 g/mol. The van der Waals surface area contributed by atoms with Crippen LogP contribution in [0.15, 0.2) is 28.7 Å². The number of furan rings is 1. The lowest BCUT2D eigenvalue weighted by Gasteiger charge is -2.10. The number of carbonyl (C=O) groups is 1. The molecule has 1 aromatic heterocycles. The zero-order chi connectivity index (χ0) is 14.0. The molecule has 0 unspecified atom stereocenters. The Morgan fingerprint density at radius 3 is 2.53 bits per heavy atom. The first-order valence-electron chi connectivity index (χ1n) is 6.25. The molecule has 3 nitrogen and oxygen atoms in total. The van der Waals surface area contributed by atoms with Gasteiger partial charge in [0.2, 0.25) is 0 Å². The average molecular weight is 258 g/mol. The van der Waals surface area contributed by atoms with E-state index in [1.165, 1.54) is 12.5 Å². The molecule has 0 bridgehead atoms. The fourth-order valence-corrected chi connectivity index (χ4v) is 2.11. The number of benzene rings is 1. The minimum atomic E-state index is -0.0473. The standard InChI is InChI=1S/C16H18O3/c1-10-8-16(18-4)11(2)7-13(10)9-14-5-6-15(19-14)12(3)17/h5-8H,9H2,1-4H3. The summed E-state index contributed by atoms with van der Waals surface area (Å²) in [7, 11) is 1.67. The van der Waals surface area contributed by atoms with Crippen LogP contribution in [0.1, 0.15) is 39.9 Å². The van der Waals surface area contributed by atoms with Crippen LogP contribution in [0.4, 0.5) is 0 Å². The van der Waals surface area contributed by atoms with Crippen molar-refractivity contribution in [3.8, 4) is 5.75 Å². The number of carbonyl (C=O) groups excluding carboxylic acids is 1. The third kappa shape index (κ3) is 2.87. The van der Waals surface area contributed by atoms with Crippen molar-refractivity contribution in [1.29, 1.82) is 0 Å². The van der Waals surface area contributed by atoms with Crippen molar-refractivity contribution in [1.82, 2.24) is 0 Å². The van der Waals surface area contributed by atoms with E-state index in [0.29, 0.717) is 12.2 Å². The van der Waals surface area contributed by atoms with Gasteiger partial charge in [0, 0.05) is 13.3 Å². The second-order valence-electron chi connectivity index (χ2n) is 4.75. The van der Waals surface area contributed by atoms with E-state index in [-0.39, 0.29) is 5.78 Å². The molecular formula is C16H18O3. The second kappa shape index (κ2) is 5.31. The van der Waals surface area contributed by atoms with Crippen LogP contribution in [0.25, 0.3) is 0 Å². The predicted octanol–water partition coefficient (Wildman–Crippen LogP) is 3.70. The Balaban J connectivity index is 2.27. The number of ether oxygens (including phenoxy) is 1. The van der Waals surface area contributed by atoms with E-state index in [9.17, 15) is 4.79 Å². The third-order valence-electron chi connectivity index (χ3n) is 3.23. The Bertz CT molecular complexity index is 608. The van der Waals surface area contributed by atoms with E-state index in [0.717, 1.165) is 22.6 Å². The maximum Gasteiger partial charge on any atom is 0.194 e. The largest absolute Gasteiger partial charge is 0.496 e. The molecule has 1 heterocycles. The normalized spacial score (nSPS) is 10.5. The summed E-state index contributed by atoms with van der Waals surface area (Å²) >= 11 is 0. The van der Waals surface area contributed by atoms with Gasteiger partial charge in [0.15, 0.2) is 11.5 Å². The average Bonchev–Trinajstić information content (AvgIpc) is 2.82. The SMILES string of the molecule is COc1cc(C)c(Cc2ccc(C(C)=O)o2)cc1C. The Kier molecular flexibility index (Phi) is 3.74. The van der Waals surface area contributed by atoms with E-state index in [4.69, 9.17) is 9.15 Å². The number of hydrogen-bond acceptors (Lipinski definition) is 3. The Morgan fingerprint density at radius 1 is 1.21 bits per heavy atom. The van der Waals surface area contributed by atoms with E-state index in [1.54, 1.807) is 13.2 Å². The van der Waals surface area contributed by atoms with Gasteiger partial charge in [-0.15, -0.1) is 0 Å². The monoisotopic (exact) mass is 258 g/mol. The summed E-state index contributed by atoms with van der Waals surface area (Å²) in [5.74, 6) is 2.06. The molecule has 0 saturated carbocycles. The molecule has 2 rings (SSSR count). The summed E-state index contributed by atoms with van der Waals surface area (Å²) in [5, 5.41) is 0. The van der Waals surface area contributed by atoms with Crippen molar-refractivity contribution in [3.63, 3.8) is 0 Å². The molecule has 100 valence electrons. The summed E-state index contributed by atoms with van der Waals surface area (Å²) < 4.78 is 10.8. The number of Topliss-reactive ketones (excluding diaryl/α,β-unsaturated/α-hetero) is 1. The highest BCUT2D eigenvalue weighted by atomic mass is 16.5. The van der Waals surface area contributed by atoms with Gasteiger partial charge >= 0.3 is 0 Å². The minimum absolute atomic E-state index is 0.0473. The van der Waals surface area contributed by atoms with Gasteiger partial charge in [-0.2, -0.15) is 0 Å². The van der Waals surface area contributed by atoms with Gasteiger partial charge in [0.25, 0.3) is 0 Å². The van der Waals surface area contributed by atoms with Crippen LogP contribution < -0.4 is 4.74 Å². The van der Waals surface area contributed by atoms with E-state index in [1.807, 2.05) is 26.0 Å². The second-order valence-corrected chi connectivity index (χ2v) is 4.75. The summed E-state index contributed by atoms with van der Waals surface area (Å²) in [6.07, 6.45) is 0.684. The lowest BCUT2D eigenvalue weighted by Crippen LogP contribution is -1.95. The van der Waals surface area contributed by atoms with E-state index in [2.05, 4.69) is 6.07 Å². The molecule has 0 fully saturated rings. The van der Waals surface area contributed by atoms with Crippen molar-refractivity contribution in [3.05, 3.63) is 52.5 Å². The minimum Gasteiger partial charge on any atom is -0.496 e. The van der Waals surface area contributed by atoms with Crippen LogP contribution >= 0.6 is 0 Å². The molecule has 0 atom stereocenters. The number of aryl methyl sites for hydroxylation is 2. The van der Waals surface area contributed by atoms with Crippen molar-refractivity contribution in [2.75, 3.05) is 7.11 Å². The Morgan fingerprint density at radius 2 is 1.95 bits per heavy atom. The smallest absolute Gasteiger partial charge is 0.194 e. The zero-order valence-corrected chi connectivity index (χ0v) is 11.7. The highest BCUT2D eigenvalue weighted by Gasteiger charge is 2.10. The molecule has 0 N–H and O–H groups in total. The van der Waals surface area contributed by atoms with E-state index < -0.39 is 0 Å². The lowest BCUT2D eigenvalue weighted by molar-refractivity contribution is 0.0985. The molecule has 0 aliphatic carbocycles. The van der Waals surface area contributed by atoms with Gasteiger partial charge in [-0.25, -0.2) is 0 Å². The molecule has 0 amide bonds. The summed E-state index contributed by atoms with van der Waals surface area (Å²) in [6, 6.07) is 7.71. The lowest BCUT2D eigenvalue weighted by atomic mass is 10.0. The molecule has 0 aliphatic rings. The van der Waals surface area contributed by atoms with Gasteiger partial charge in [-0.05, 0) is 48.7 Å². The number of rotatable bonds is 4. The van der Waals surface area contributed by atoms with Gasteiger partial charge in [0.1, 0.15) is 11.5 Å². The van der Waals surface area contributed by atoms with Crippen LogP contribution in [0.2, 0.25) is 0 Å². The molecule has 3 heteroatoms. The van der Waals surface area contributed by atoms with E-state index >= 15 is 0 Å². The van der Waals surface area contributed by atoms with Crippen LogP contribution in [-0.4, -0.2) is 12.9 Å². The quantitative estimate of drug-likeness (QED) is 0.785. The maximum absolute atomic E-state index is 11.2. The molecule has 0 radical (unpaired) electrons. The number of methoxy groups -OCH3 is 1.